The summed E-state index contributed by atoms with van der Waals surface area (Å²) < 4.78 is 0. The summed E-state index contributed by atoms with van der Waals surface area (Å²) >= 11 is 6.00. The van der Waals surface area contributed by atoms with Gasteiger partial charge in [0.25, 0.3) is 0 Å². The molecular weight excluding hydrogens is 270 g/mol. The van der Waals surface area contributed by atoms with E-state index < -0.39 is 0 Å². The molecule has 0 atom stereocenters. The molecule has 3 heteroatoms. The molecule has 0 aliphatic heterocycles. The lowest BCUT2D eigenvalue weighted by atomic mass is 9.49. The minimum Gasteiger partial charge on any atom is -0.326 e. The van der Waals surface area contributed by atoms with E-state index >= 15 is 0 Å². The van der Waals surface area contributed by atoms with E-state index in [1.165, 1.54) is 19.3 Å². The number of amides is 1. The maximum atomic E-state index is 12.8. The van der Waals surface area contributed by atoms with Crippen molar-refractivity contribution >= 4 is 23.2 Å². The van der Waals surface area contributed by atoms with Crippen molar-refractivity contribution in [3.05, 3.63) is 29.3 Å². The van der Waals surface area contributed by atoms with Crippen LogP contribution in [0.4, 0.5) is 5.69 Å². The highest BCUT2D eigenvalue weighted by Gasteiger charge is 2.54. The van der Waals surface area contributed by atoms with E-state index in [-0.39, 0.29) is 11.3 Å². The zero-order valence-corrected chi connectivity index (χ0v) is 12.3. The van der Waals surface area contributed by atoms with Gasteiger partial charge in [-0.05, 0) is 74.5 Å². The van der Waals surface area contributed by atoms with Crippen molar-refractivity contribution < 1.29 is 4.79 Å². The molecule has 0 heterocycles. The molecule has 5 rings (SSSR count). The van der Waals surface area contributed by atoms with Crippen molar-refractivity contribution in [1.82, 2.24) is 0 Å². The van der Waals surface area contributed by atoms with Crippen LogP contribution in [0.1, 0.15) is 38.5 Å². The minimum atomic E-state index is -0.0862. The van der Waals surface area contributed by atoms with Gasteiger partial charge in [0.1, 0.15) is 0 Å². The van der Waals surface area contributed by atoms with Crippen molar-refractivity contribution in [3.8, 4) is 0 Å². The largest absolute Gasteiger partial charge is 0.326 e. The minimum absolute atomic E-state index is 0.0862. The molecule has 0 spiro atoms. The van der Waals surface area contributed by atoms with Crippen molar-refractivity contribution in [3.63, 3.8) is 0 Å². The molecule has 4 bridgehead atoms. The summed E-state index contributed by atoms with van der Waals surface area (Å²) in [4.78, 5) is 12.8. The average molecular weight is 290 g/mol. The molecule has 1 aromatic carbocycles. The molecule has 0 unspecified atom stereocenters. The highest BCUT2D eigenvalue weighted by atomic mass is 35.5. The second-order valence-corrected chi connectivity index (χ2v) is 7.60. The van der Waals surface area contributed by atoms with Gasteiger partial charge in [-0.1, -0.05) is 17.7 Å². The zero-order chi connectivity index (χ0) is 13.7. The SMILES string of the molecule is O=C(Nc1cccc(Cl)c1)C12CC3CC(CC(C3)C1)C2. The van der Waals surface area contributed by atoms with Gasteiger partial charge in [0.05, 0.1) is 5.41 Å². The molecule has 106 valence electrons. The van der Waals surface area contributed by atoms with Crippen molar-refractivity contribution in [1.29, 1.82) is 0 Å². The fourth-order valence-corrected chi connectivity index (χ4v) is 5.41. The van der Waals surface area contributed by atoms with Crippen LogP contribution in [0, 0.1) is 23.2 Å². The van der Waals surface area contributed by atoms with Crippen molar-refractivity contribution in [2.24, 2.45) is 23.2 Å². The van der Waals surface area contributed by atoms with Crippen LogP contribution in [-0.4, -0.2) is 5.91 Å². The Morgan fingerprint density at radius 3 is 2.25 bits per heavy atom. The summed E-state index contributed by atoms with van der Waals surface area (Å²) in [6.45, 7) is 0. The molecule has 0 saturated heterocycles. The fourth-order valence-electron chi connectivity index (χ4n) is 5.22. The van der Waals surface area contributed by atoms with Crippen LogP contribution in [0.5, 0.6) is 0 Å². The van der Waals surface area contributed by atoms with Crippen LogP contribution < -0.4 is 5.32 Å². The number of benzene rings is 1. The second kappa shape index (κ2) is 4.49. The van der Waals surface area contributed by atoms with E-state index in [9.17, 15) is 4.79 Å². The van der Waals surface area contributed by atoms with Gasteiger partial charge < -0.3 is 5.32 Å². The smallest absolute Gasteiger partial charge is 0.230 e. The van der Waals surface area contributed by atoms with Crippen LogP contribution in [0.15, 0.2) is 24.3 Å². The number of rotatable bonds is 2. The van der Waals surface area contributed by atoms with Crippen LogP contribution in [-0.2, 0) is 4.79 Å². The molecule has 1 aromatic rings. The van der Waals surface area contributed by atoms with E-state index in [1.54, 1.807) is 0 Å². The van der Waals surface area contributed by atoms with Gasteiger partial charge in [0.2, 0.25) is 5.91 Å². The predicted molar refractivity (Wildman–Crippen MR) is 80.7 cm³/mol. The third-order valence-electron chi connectivity index (χ3n) is 5.60. The summed E-state index contributed by atoms with van der Waals surface area (Å²) in [6, 6.07) is 7.48. The summed E-state index contributed by atoms with van der Waals surface area (Å²) in [5.74, 6) is 2.63. The summed E-state index contributed by atoms with van der Waals surface area (Å²) in [5.41, 5.74) is 0.745. The van der Waals surface area contributed by atoms with Gasteiger partial charge in [0.15, 0.2) is 0 Å². The van der Waals surface area contributed by atoms with E-state index in [4.69, 9.17) is 11.6 Å². The molecule has 1 amide bonds. The second-order valence-electron chi connectivity index (χ2n) is 7.16. The molecule has 4 saturated carbocycles. The third-order valence-corrected chi connectivity index (χ3v) is 5.84. The quantitative estimate of drug-likeness (QED) is 0.853. The Bertz CT molecular complexity index is 518. The Hall–Kier alpha value is -1.02. The van der Waals surface area contributed by atoms with Gasteiger partial charge in [-0.2, -0.15) is 0 Å². The number of halogens is 1. The first kappa shape index (κ1) is 12.7. The van der Waals surface area contributed by atoms with E-state index in [0.717, 1.165) is 42.7 Å². The fraction of sp³-hybridized carbons (Fsp3) is 0.588. The van der Waals surface area contributed by atoms with Crippen molar-refractivity contribution in [2.75, 3.05) is 5.32 Å². The average Bonchev–Trinajstić information content (AvgIpc) is 2.37. The molecule has 0 radical (unpaired) electrons. The lowest BCUT2D eigenvalue weighted by Gasteiger charge is -2.55. The van der Waals surface area contributed by atoms with Gasteiger partial charge in [-0.3, -0.25) is 4.79 Å². The van der Waals surface area contributed by atoms with Gasteiger partial charge in [-0.15, -0.1) is 0 Å². The predicted octanol–water partition coefficient (Wildman–Crippen LogP) is 4.49. The molecule has 20 heavy (non-hydrogen) atoms. The highest BCUT2D eigenvalue weighted by molar-refractivity contribution is 6.30. The molecule has 2 nitrogen and oxygen atoms in total. The van der Waals surface area contributed by atoms with Crippen LogP contribution >= 0.6 is 11.6 Å². The van der Waals surface area contributed by atoms with Gasteiger partial charge >= 0.3 is 0 Å². The number of carbonyl (C=O) groups is 1. The first-order valence-electron chi connectivity index (χ1n) is 7.70. The number of carbonyl (C=O) groups excluding carboxylic acids is 1. The molecule has 0 aromatic heterocycles. The number of anilines is 1. The van der Waals surface area contributed by atoms with Gasteiger partial charge in [0, 0.05) is 10.7 Å². The summed E-state index contributed by atoms with van der Waals surface area (Å²) in [5, 5.41) is 3.79. The van der Waals surface area contributed by atoms with E-state index in [0.29, 0.717) is 5.02 Å². The standard InChI is InChI=1S/C17H20ClNO/c18-14-2-1-3-15(7-14)19-16(20)17-8-11-4-12(9-17)6-13(5-11)10-17/h1-3,7,11-13H,4-6,8-10H2,(H,19,20). The first-order valence-corrected chi connectivity index (χ1v) is 8.08. The van der Waals surface area contributed by atoms with E-state index in [1.807, 2.05) is 24.3 Å². The van der Waals surface area contributed by atoms with Crippen molar-refractivity contribution in [2.45, 2.75) is 38.5 Å². The number of hydrogen-bond acceptors (Lipinski definition) is 1. The molecule has 4 aliphatic carbocycles. The van der Waals surface area contributed by atoms with Crippen LogP contribution in [0.2, 0.25) is 5.02 Å². The topological polar surface area (TPSA) is 29.1 Å². The Morgan fingerprint density at radius 1 is 1.10 bits per heavy atom. The van der Waals surface area contributed by atoms with Crippen LogP contribution in [0.25, 0.3) is 0 Å². The Kier molecular flexibility index (Phi) is 2.85. The summed E-state index contributed by atoms with van der Waals surface area (Å²) in [6.07, 6.45) is 7.40. The lowest BCUT2D eigenvalue weighted by molar-refractivity contribution is -0.140. The van der Waals surface area contributed by atoms with Gasteiger partial charge in [-0.25, -0.2) is 0 Å². The van der Waals surface area contributed by atoms with E-state index in [2.05, 4.69) is 5.32 Å². The zero-order valence-electron chi connectivity index (χ0n) is 11.6. The number of nitrogens with one attached hydrogen (secondary N) is 1. The van der Waals surface area contributed by atoms with Crippen LogP contribution in [0.3, 0.4) is 0 Å². The molecule has 4 fully saturated rings. The molecule has 1 N–H and O–H groups in total. The normalized spacial score (nSPS) is 38.0. The number of hydrogen-bond donors (Lipinski definition) is 1. The Balaban J connectivity index is 1.56. The monoisotopic (exact) mass is 289 g/mol. The summed E-state index contributed by atoms with van der Waals surface area (Å²) in [7, 11) is 0. The first-order chi connectivity index (χ1) is 9.63. The highest BCUT2D eigenvalue weighted by Crippen LogP contribution is 2.60. The molecule has 4 aliphatic rings. The maximum absolute atomic E-state index is 12.8. The third kappa shape index (κ3) is 2.05. The maximum Gasteiger partial charge on any atom is 0.230 e. The molecular formula is C17H20ClNO. The Labute approximate surface area is 124 Å². The Morgan fingerprint density at radius 2 is 1.70 bits per heavy atom. The lowest BCUT2D eigenvalue weighted by Crippen LogP contribution is -2.51.